The molecule has 0 spiro atoms. The molecule has 3 nitrogen and oxygen atoms in total. The highest BCUT2D eigenvalue weighted by molar-refractivity contribution is 7.92. The van der Waals surface area contributed by atoms with Gasteiger partial charge in [0.15, 0.2) is 9.84 Å². The lowest BCUT2D eigenvalue weighted by atomic mass is 10.1. The highest BCUT2D eigenvalue weighted by Crippen LogP contribution is 2.21. The van der Waals surface area contributed by atoms with E-state index in [2.05, 4.69) is 0 Å². The summed E-state index contributed by atoms with van der Waals surface area (Å²) in [7, 11) is -3.14. The lowest BCUT2D eigenvalue weighted by Crippen LogP contribution is -2.34. The topological polar surface area (TPSA) is 60.2 Å². The van der Waals surface area contributed by atoms with Crippen LogP contribution in [0.15, 0.2) is 30.3 Å². The van der Waals surface area contributed by atoms with Gasteiger partial charge in [0.1, 0.15) is 0 Å². The Labute approximate surface area is 110 Å². The van der Waals surface area contributed by atoms with Crippen molar-refractivity contribution in [3.8, 4) is 0 Å². The maximum atomic E-state index is 12.2. The monoisotopic (exact) mass is 269 g/mol. The first-order valence-corrected chi connectivity index (χ1v) is 8.12. The summed E-state index contributed by atoms with van der Waals surface area (Å²) in [6, 6.07) is 8.95. The molecule has 3 atom stereocenters. The Bertz CT molecular complexity index is 456. The molecule has 0 aliphatic carbocycles. The van der Waals surface area contributed by atoms with E-state index in [1.807, 2.05) is 44.2 Å². The summed E-state index contributed by atoms with van der Waals surface area (Å²) < 4.78 is 24.5. The second-order valence-corrected chi connectivity index (χ2v) is 7.39. The number of rotatable bonds is 6. The van der Waals surface area contributed by atoms with Gasteiger partial charge in [-0.1, -0.05) is 50.6 Å². The Balaban J connectivity index is 2.84. The van der Waals surface area contributed by atoms with Gasteiger partial charge in [0, 0.05) is 6.04 Å². The van der Waals surface area contributed by atoms with Gasteiger partial charge in [0.25, 0.3) is 0 Å². The van der Waals surface area contributed by atoms with Gasteiger partial charge in [-0.25, -0.2) is 8.42 Å². The molecule has 18 heavy (non-hydrogen) atoms. The van der Waals surface area contributed by atoms with E-state index < -0.39 is 21.1 Å². The molecule has 102 valence electrons. The molecule has 4 heteroatoms. The number of sulfone groups is 1. The molecule has 0 radical (unpaired) electrons. The average Bonchev–Trinajstić information content (AvgIpc) is 2.37. The van der Waals surface area contributed by atoms with E-state index >= 15 is 0 Å². The summed E-state index contributed by atoms with van der Waals surface area (Å²) in [4.78, 5) is 0. The Morgan fingerprint density at radius 1 is 1.17 bits per heavy atom. The van der Waals surface area contributed by atoms with Crippen LogP contribution in [0, 0.1) is 5.92 Å². The van der Waals surface area contributed by atoms with Crippen LogP contribution in [0.2, 0.25) is 0 Å². The fourth-order valence-electron chi connectivity index (χ4n) is 1.84. The molecule has 0 saturated carbocycles. The van der Waals surface area contributed by atoms with Gasteiger partial charge in [0.2, 0.25) is 0 Å². The van der Waals surface area contributed by atoms with Crippen LogP contribution in [-0.4, -0.2) is 19.4 Å². The Kier molecular flexibility index (Phi) is 5.35. The number of benzene rings is 1. The highest BCUT2D eigenvalue weighted by Gasteiger charge is 2.28. The van der Waals surface area contributed by atoms with Crippen molar-refractivity contribution in [1.29, 1.82) is 0 Å². The van der Waals surface area contributed by atoms with E-state index in [-0.39, 0.29) is 11.7 Å². The maximum absolute atomic E-state index is 12.2. The predicted octanol–water partition coefficient (Wildman–Crippen LogP) is 2.54. The first kappa shape index (κ1) is 15.2. The quantitative estimate of drug-likeness (QED) is 0.863. The van der Waals surface area contributed by atoms with Crippen LogP contribution in [0.5, 0.6) is 0 Å². The molecular formula is C14H23NO2S. The van der Waals surface area contributed by atoms with Crippen molar-refractivity contribution in [2.45, 2.75) is 38.5 Å². The molecule has 0 amide bonds. The lowest BCUT2D eigenvalue weighted by Gasteiger charge is -2.22. The molecule has 0 heterocycles. The molecular weight excluding hydrogens is 246 g/mol. The maximum Gasteiger partial charge on any atom is 0.155 e. The molecule has 1 aromatic rings. The van der Waals surface area contributed by atoms with Crippen LogP contribution in [0.25, 0.3) is 0 Å². The van der Waals surface area contributed by atoms with E-state index in [4.69, 9.17) is 5.73 Å². The summed E-state index contributed by atoms with van der Waals surface area (Å²) in [5.74, 6) is 0.394. The fourth-order valence-corrected chi connectivity index (χ4v) is 3.77. The molecule has 0 aliphatic heterocycles. The van der Waals surface area contributed by atoms with Crippen LogP contribution in [0.4, 0.5) is 0 Å². The van der Waals surface area contributed by atoms with Crippen molar-refractivity contribution >= 4 is 9.84 Å². The molecule has 0 saturated heterocycles. The summed E-state index contributed by atoms with van der Waals surface area (Å²) in [6.45, 7) is 5.66. The van der Waals surface area contributed by atoms with Crippen LogP contribution in [0.3, 0.4) is 0 Å². The van der Waals surface area contributed by atoms with Crippen LogP contribution < -0.4 is 5.73 Å². The summed E-state index contributed by atoms with van der Waals surface area (Å²) in [5, 5.41) is -0.547. The van der Waals surface area contributed by atoms with Crippen molar-refractivity contribution in [3.05, 3.63) is 35.9 Å². The van der Waals surface area contributed by atoms with E-state index in [0.29, 0.717) is 0 Å². The number of hydrogen-bond donors (Lipinski definition) is 1. The summed E-state index contributed by atoms with van der Waals surface area (Å²) in [5.41, 5.74) is 6.94. The second-order valence-electron chi connectivity index (χ2n) is 4.98. The van der Waals surface area contributed by atoms with Gasteiger partial charge in [-0.3, -0.25) is 0 Å². The Morgan fingerprint density at radius 2 is 1.72 bits per heavy atom. The van der Waals surface area contributed by atoms with Gasteiger partial charge in [-0.2, -0.15) is 0 Å². The van der Waals surface area contributed by atoms with Crippen LogP contribution >= 0.6 is 0 Å². The van der Waals surface area contributed by atoms with Gasteiger partial charge in [-0.15, -0.1) is 0 Å². The third kappa shape index (κ3) is 3.82. The van der Waals surface area contributed by atoms with Gasteiger partial charge in [0.05, 0.1) is 11.0 Å². The largest absolute Gasteiger partial charge is 0.323 e. The van der Waals surface area contributed by atoms with Crippen LogP contribution in [-0.2, 0) is 9.84 Å². The van der Waals surface area contributed by atoms with Crippen LogP contribution in [0.1, 0.15) is 38.8 Å². The average molecular weight is 269 g/mol. The first-order chi connectivity index (χ1) is 8.38. The normalized spacial score (nSPS) is 17.1. The molecule has 0 aromatic heterocycles. The SMILES string of the molecule is CCC(C)CS(=O)(=O)C(C)C(N)c1ccccc1. The minimum absolute atomic E-state index is 0.181. The molecule has 0 aliphatic rings. The minimum Gasteiger partial charge on any atom is -0.323 e. The zero-order valence-corrected chi connectivity index (χ0v) is 12.2. The van der Waals surface area contributed by atoms with E-state index in [9.17, 15) is 8.42 Å². The van der Waals surface area contributed by atoms with Crippen molar-refractivity contribution in [3.63, 3.8) is 0 Å². The van der Waals surface area contributed by atoms with Crippen molar-refractivity contribution in [2.24, 2.45) is 11.7 Å². The van der Waals surface area contributed by atoms with Gasteiger partial charge >= 0.3 is 0 Å². The zero-order chi connectivity index (χ0) is 13.8. The smallest absolute Gasteiger partial charge is 0.155 e. The van der Waals surface area contributed by atoms with E-state index in [0.717, 1.165) is 12.0 Å². The zero-order valence-electron chi connectivity index (χ0n) is 11.3. The Morgan fingerprint density at radius 3 is 2.22 bits per heavy atom. The third-order valence-corrected chi connectivity index (χ3v) is 5.93. The summed E-state index contributed by atoms with van der Waals surface area (Å²) >= 11 is 0. The minimum atomic E-state index is -3.14. The van der Waals surface area contributed by atoms with E-state index in [1.54, 1.807) is 6.92 Å². The van der Waals surface area contributed by atoms with Gasteiger partial charge < -0.3 is 5.73 Å². The summed E-state index contributed by atoms with van der Waals surface area (Å²) in [6.07, 6.45) is 0.868. The molecule has 1 aromatic carbocycles. The lowest BCUT2D eigenvalue weighted by molar-refractivity contribution is 0.540. The fraction of sp³-hybridized carbons (Fsp3) is 0.571. The van der Waals surface area contributed by atoms with Crippen molar-refractivity contribution in [1.82, 2.24) is 0 Å². The van der Waals surface area contributed by atoms with Gasteiger partial charge in [-0.05, 0) is 18.4 Å². The Hall–Kier alpha value is -0.870. The molecule has 2 N–H and O–H groups in total. The van der Waals surface area contributed by atoms with E-state index in [1.165, 1.54) is 0 Å². The standard InChI is InChI=1S/C14H23NO2S/c1-4-11(2)10-18(16,17)12(3)14(15)13-8-6-5-7-9-13/h5-9,11-12,14H,4,10,15H2,1-3H3. The molecule has 3 unspecified atom stereocenters. The second kappa shape index (κ2) is 6.34. The number of nitrogens with two attached hydrogens (primary N) is 1. The number of hydrogen-bond acceptors (Lipinski definition) is 3. The van der Waals surface area contributed by atoms with Crippen molar-refractivity contribution < 1.29 is 8.42 Å². The first-order valence-electron chi connectivity index (χ1n) is 6.40. The predicted molar refractivity (Wildman–Crippen MR) is 76.1 cm³/mol. The van der Waals surface area contributed by atoms with Crippen molar-refractivity contribution in [2.75, 3.05) is 5.75 Å². The molecule has 1 rings (SSSR count). The third-order valence-electron chi connectivity index (χ3n) is 3.47. The highest BCUT2D eigenvalue weighted by atomic mass is 32.2. The molecule has 0 fully saturated rings. The molecule has 0 bridgehead atoms.